The third-order valence-electron chi connectivity index (χ3n) is 15.0. The molecular formula is C64H47NSi. The number of rotatable bonds is 7. The zero-order valence-corrected chi connectivity index (χ0v) is 37.5. The Morgan fingerprint density at radius 1 is 0.348 bits per heavy atom. The van der Waals surface area contributed by atoms with Crippen molar-refractivity contribution in [3.8, 4) is 33.4 Å². The van der Waals surface area contributed by atoms with Crippen LogP contribution in [0.15, 0.2) is 249 Å². The summed E-state index contributed by atoms with van der Waals surface area (Å²) >= 11 is 0. The molecule has 0 unspecified atom stereocenters. The fourth-order valence-electron chi connectivity index (χ4n) is 11.9. The van der Waals surface area contributed by atoms with E-state index in [1.165, 1.54) is 44.5 Å². The van der Waals surface area contributed by atoms with E-state index in [0.29, 0.717) is 15.6 Å². The highest BCUT2D eigenvalue weighted by molar-refractivity contribution is 7.22. The molecule has 2 aliphatic carbocycles. The van der Waals surface area contributed by atoms with Crippen LogP contribution in [-0.4, -0.2) is 8.07 Å². The monoisotopic (exact) mass is 865 g/mol. The van der Waals surface area contributed by atoms with Crippen molar-refractivity contribution in [1.82, 2.24) is 0 Å². The number of anilines is 3. The van der Waals surface area contributed by atoms with Crippen LogP contribution in [0.4, 0.5) is 17.1 Å². The smallest absolute Gasteiger partial charge is 0.180 e. The molecule has 2 heteroatoms. The minimum atomic E-state index is -4.02. The van der Waals surface area contributed by atoms with Crippen molar-refractivity contribution in [1.29, 1.82) is 0 Å². The standard InChI is InChI=1S/C64H47NSi/c1-63(57-29-12-6-23-51(57)52-24-7-13-30-58(52)63)44-35-39-46(40-36-44)65(47-41-37-45(38-42-47)64(2)59-31-14-8-25-53(59)54-26-9-15-32-60(54)64)48-19-18-22-50(43-48)66(49-20-4-3-5-21-49)61-33-16-10-27-55(61)56-28-11-17-34-62(56)66/h3-43H,1-2H3/i10D,11D,16D,17D,27D,28D,33D,34D. The number of hydrogen-bond donors (Lipinski definition) is 0. The van der Waals surface area contributed by atoms with E-state index in [1.807, 2.05) is 48.5 Å². The third kappa shape index (κ3) is 5.28. The van der Waals surface area contributed by atoms with Crippen LogP contribution >= 0.6 is 0 Å². The van der Waals surface area contributed by atoms with Crippen molar-refractivity contribution in [3.63, 3.8) is 0 Å². The summed E-state index contributed by atoms with van der Waals surface area (Å²) in [4.78, 5) is 2.22. The quantitative estimate of drug-likeness (QED) is 0.144. The van der Waals surface area contributed by atoms with Crippen LogP contribution in [0.1, 0.15) is 58.2 Å². The highest BCUT2D eigenvalue weighted by Crippen LogP contribution is 2.54. The number of hydrogen-bond acceptors (Lipinski definition) is 1. The van der Waals surface area contributed by atoms with Crippen LogP contribution in [0.5, 0.6) is 0 Å². The van der Waals surface area contributed by atoms with Crippen LogP contribution in [0, 0.1) is 0 Å². The van der Waals surface area contributed by atoms with Crippen LogP contribution in [0.25, 0.3) is 33.4 Å². The zero-order chi connectivity index (χ0) is 51.0. The molecule has 1 aliphatic heterocycles. The Bertz CT molecular complexity index is 3680. The molecule has 13 rings (SSSR count). The van der Waals surface area contributed by atoms with E-state index in [4.69, 9.17) is 5.48 Å². The lowest BCUT2D eigenvalue weighted by Crippen LogP contribution is -2.72. The molecule has 10 aromatic rings. The molecule has 0 N–H and O–H groups in total. The molecule has 0 fully saturated rings. The largest absolute Gasteiger partial charge is 0.311 e. The van der Waals surface area contributed by atoms with Gasteiger partial charge in [0.1, 0.15) is 0 Å². The van der Waals surface area contributed by atoms with Crippen LogP contribution in [0.2, 0.25) is 0 Å². The van der Waals surface area contributed by atoms with E-state index in [2.05, 4.69) is 170 Å². The lowest BCUT2D eigenvalue weighted by molar-refractivity contribution is 0.713. The fourth-order valence-corrected chi connectivity index (χ4v) is 16.6. The van der Waals surface area contributed by atoms with E-state index in [0.717, 1.165) is 33.4 Å². The van der Waals surface area contributed by atoms with Gasteiger partial charge in [0.05, 0.1) is 11.0 Å². The lowest BCUT2D eigenvalue weighted by Gasteiger charge is -2.34. The molecule has 66 heavy (non-hydrogen) atoms. The van der Waals surface area contributed by atoms with E-state index < -0.39 is 43.1 Å². The Kier molecular flexibility index (Phi) is 6.90. The van der Waals surface area contributed by atoms with Crippen LogP contribution in [-0.2, 0) is 10.8 Å². The van der Waals surface area contributed by atoms with Crippen LogP contribution in [0.3, 0.4) is 0 Å². The molecule has 3 aliphatic rings. The highest BCUT2D eigenvalue weighted by Gasteiger charge is 2.49. The minimum absolute atomic E-state index is 0.133. The molecule has 0 atom stereocenters. The summed E-state index contributed by atoms with van der Waals surface area (Å²) in [6.45, 7) is 4.61. The first kappa shape index (κ1) is 31.2. The molecule has 0 spiro atoms. The summed E-state index contributed by atoms with van der Waals surface area (Å²) in [6, 6.07) is 67.0. The molecule has 0 amide bonds. The molecule has 0 aromatic heterocycles. The van der Waals surface area contributed by atoms with Crippen molar-refractivity contribution >= 4 is 45.9 Å². The van der Waals surface area contributed by atoms with Gasteiger partial charge in [-0.3, -0.25) is 0 Å². The van der Waals surface area contributed by atoms with Gasteiger partial charge in [-0.2, -0.15) is 0 Å². The van der Waals surface area contributed by atoms with Gasteiger partial charge in [-0.25, -0.2) is 0 Å². The predicted octanol–water partition coefficient (Wildman–Crippen LogP) is 13.2. The molecule has 0 saturated heterocycles. The van der Waals surface area contributed by atoms with Gasteiger partial charge in [0.25, 0.3) is 0 Å². The highest BCUT2D eigenvalue weighted by atomic mass is 28.3. The minimum Gasteiger partial charge on any atom is -0.311 e. The maximum Gasteiger partial charge on any atom is 0.180 e. The van der Waals surface area contributed by atoms with Crippen molar-refractivity contribution in [3.05, 3.63) is 282 Å². The van der Waals surface area contributed by atoms with Gasteiger partial charge in [-0.15, -0.1) is 0 Å². The average Bonchev–Trinajstić information content (AvgIpc) is 4.05. The Labute approximate surface area is 400 Å². The SMILES string of the molecule is [2H]c1c([2H])c([2H])c2c(c1[2H])-c1c([2H])c([2H])c([2H])c([2H])c1[Si]2(c1ccccc1)c1cccc(N(c2ccc(C3(C)c4ccccc4-c4ccccc43)cc2)c2ccc(C3(C)c4ccccc4-c4ccccc43)cc2)c1. The Hall–Kier alpha value is -7.78. The molecule has 0 saturated carbocycles. The lowest BCUT2D eigenvalue weighted by atomic mass is 9.74. The molecule has 0 radical (unpaired) electrons. The molecule has 0 bridgehead atoms. The average molecular weight is 866 g/mol. The second-order valence-corrected chi connectivity index (χ2v) is 21.7. The number of fused-ring (bicyclic) bond motifs is 9. The van der Waals surface area contributed by atoms with E-state index in [9.17, 15) is 5.48 Å². The molecular weight excluding hydrogens is 811 g/mol. The van der Waals surface area contributed by atoms with Gasteiger partial charge >= 0.3 is 0 Å². The van der Waals surface area contributed by atoms with Gasteiger partial charge < -0.3 is 4.90 Å². The second kappa shape index (κ2) is 14.6. The van der Waals surface area contributed by atoms with Gasteiger partial charge in [-0.05, 0) is 138 Å². The van der Waals surface area contributed by atoms with Crippen molar-refractivity contribution in [2.45, 2.75) is 24.7 Å². The normalized spacial score (nSPS) is 16.6. The second-order valence-electron chi connectivity index (χ2n) is 18.0. The van der Waals surface area contributed by atoms with Crippen molar-refractivity contribution < 1.29 is 11.0 Å². The fraction of sp³-hybridized carbons (Fsp3) is 0.0625. The number of nitrogens with zero attached hydrogens (tertiary/aromatic N) is 1. The summed E-state index contributed by atoms with van der Waals surface area (Å²) in [7, 11) is -4.02. The van der Waals surface area contributed by atoms with Gasteiger partial charge in [-0.1, -0.05) is 212 Å². The summed E-state index contributed by atoms with van der Waals surface area (Å²) in [5.74, 6) is 0. The Morgan fingerprint density at radius 3 is 1.17 bits per heavy atom. The molecule has 312 valence electrons. The van der Waals surface area contributed by atoms with Crippen LogP contribution < -0.4 is 25.6 Å². The Morgan fingerprint density at radius 2 is 0.727 bits per heavy atom. The summed E-state index contributed by atoms with van der Waals surface area (Å²) in [6.07, 6.45) is 0. The first-order valence-electron chi connectivity index (χ1n) is 26.6. The van der Waals surface area contributed by atoms with Gasteiger partial charge in [0.2, 0.25) is 0 Å². The van der Waals surface area contributed by atoms with E-state index in [-0.39, 0.29) is 35.3 Å². The third-order valence-corrected chi connectivity index (χ3v) is 19.6. The summed E-state index contributed by atoms with van der Waals surface area (Å²) in [5, 5.41) is 2.10. The first-order valence-corrected chi connectivity index (χ1v) is 24.6. The Balaban J connectivity index is 1.04. The summed E-state index contributed by atoms with van der Waals surface area (Å²) in [5.41, 5.74) is 14.2. The van der Waals surface area contributed by atoms with E-state index >= 15 is 0 Å². The van der Waals surface area contributed by atoms with Crippen molar-refractivity contribution in [2.24, 2.45) is 0 Å². The predicted molar refractivity (Wildman–Crippen MR) is 279 cm³/mol. The van der Waals surface area contributed by atoms with Gasteiger partial charge in [0.15, 0.2) is 8.07 Å². The number of benzene rings is 10. The summed E-state index contributed by atoms with van der Waals surface area (Å²) < 4.78 is 74.1. The van der Waals surface area contributed by atoms with Crippen molar-refractivity contribution in [2.75, 3.05) is 4.90 Å². The van der Waals surface area contributed by atoms with Gasteiger partial charge in [0, 0.05) is 27.9 Å². The maximum absolute atomic E-state index is 9.71. The molecule has 1 nitrogen and oxygen atoms in total. The maximum atomic E-state index is 9.71. The first-order chi connectivity index (χ1) is 35.8. The zero-order valence-electron chi connectivity index (χ0n) is 44.5. The molecule has 1 heterocycles. The van der Waals surface area contributed by atoms with E-state index in [1.54, 1.807) is 0 Å². The topological polar surface area (TPSA) is 3.24 Å². The molecule has 10 aromatic carbocycles.